The molecule has 0 unspecified atom stereocenters. The second-order valence-electron chi connectivity index (χ2n) is 6.35. The van der Waals surface area contributed by atoms with Crippen LogP contribution in [-0.2, 0) is 14.4 Å². The SMILES string of the molecule is CC(=O)Nc1ccccc1OCC(=O)N1c2ccccc2NC(=O)C[C@@H]1C. The molecule has 1 aliphatic heterocycles. The maximum atomic E-state index is 12.9. The normalized spacial score (nSPS) is 16.0. The molecule has 2 aromatic carbocycles. The molecule has 0 aliphatic carbocycles. The molecule has 7 nitrogen and oxygen atoms in total. The maximum Gasteiger partial charge on any atom is 0.265 e. The molecule has 1 atom stereocenters. The van der Waals surface area contributed by atoms with E-state index < -0.39 is 0 Å². The second-order valence-corrected chi connectivity index (χ2v) is 6.35. The first-order valence-corrected chi connectivity index (χ1v) is 8.66. The topological polar surface area (TPSA) is 87.7 Å². The molecule has 0 fully saturated rings. The lowest BCUT2D eigenvalue weighted by molar-refractivity contribution is -0.121. The highest BCUT2D eigenvalue weighted by molar-refractivity contribution is 6.04. The van der Waals surface area contributed by atoms with E-state index in [9.17, 15) is 14.4 Å². The molecule has 0 saturated carbocycles. The van der Waals surface area contributed by atoms with Gasteiger partial charge in [-0.2, -0.15) is 0 Å². The van der Waals surface area contributed by atoms with Crippen molar-refractivity contribution in [3.63, 3.8) is 0 Å². The van der Waals surface area contributed by atoms with Gasteiger partial charge in [0.05, 0.1) is 17.1 Å². The van der Waals surface area contributed by atoms with Crippen LogP contribution in [0.1, 0.15) is 20.3 Å². The predicted octanol–water partition coefficient (Wildman–Crippen LogP) is 2.79. The number of nitrogens with zero attached hydrogens (tertiary/aromatic N) is 1. The molecule has 0 spiro atoms. The van der Waals surface area contributed by atoms with Gasteiger partial charge in [0.2, 0.25) is 11.8 Å². The Labute approximate surface area is 157 Å². The number of hydrogen-bond donors (Lipinski definition) is 2. The van der Waals surface area contributed by atoms with Gasteiger partial charge in [0.25, 0.3) is 5.91 Å². The minimum Gasteiger partial charge on any atom is -0.482 e. The van der Waals surface area contributed by atoms with Crippen LogP contribution in [0, 0.1) is 0 Å². The molecule has 3 rings (SSSR count). The lowest BCUT2D eigenvalue weighted by Crippen LogP contribution is -2.41. The van der Waals surface area contributed by atoms with Crippen molar-refractivity contribution in [3.05, 3.63) is 48.5 Å². The van der Waals surface area contributed by atoms with Crippen LogP contribution in [0.4, 0.5) is 17.1 Å². The summed E-state index contributed by atoms with van der Waals surface area (Å²) < 4.78 is 5.67. The quantitative estimate of drug-likeness (QED) is 0.870. The monoisotopic (exact) mass is 367 g/mol. The Balaban J connectivity index is 1.80. The maximum absolute atomic E-state index is 12.9. The summed E-state index contributed by atoms with van der Waals surface area (Å²) in [6.07, 6.45) is 0.197. The van der Waals surface area contributed by atoms with Crippen LogP contribution in [0.15, 0.2) is 48.5 Å². The number of carbonyl (C=O) groups is 3. The summed E-state index contributed by atoms with van der Waals surface area (Å²) in [5.74, 6) is -0.228. The van der Waals surface area contributed by atoms with Gasteiger partial charge >= 0.3 is 0 Å². The van der Waals surface area contributed by atoms with Crippen molar-refractivity contribution in [1.82, 2.24) is 0 Å². The molecule has 7 heteroatoms. The van der Waals surface area contributed by atoms with E-state index in [-0.39, 0.29) is 36.8 Å². The van der Waals surface area contributed by atoms with Crippen LogP contribution in [0.2, 0.25) is 0 Å². The van der Waals surface area contributed by atoms with Gasteiger partial charge in [-0.3, -0.25) is 14.4 Å². The molecule has 140 valence electrons. The number of carbonyl (C=O) groups excluding carboxylic acids is 3. The van der Waals surface area contributed by atoms with Crippen molar-refractivity contribution < 1.29 is 19.1 Å². The number of anilines is 3. The molecule has 27 heavy (non-hydrogen) atoms. The Kier molecular flexibility index (Phi) is 5.40. The Morgan fingerprint density at radius 3 is 2.67 bits per heavy atom. The van der Waals surface area contributed by atoms with Crippen LogP contribution in [0.25, 0.3) is 0 Å². The third kappa shape index (κ3) is 4.25. The highest BCUT2D eigenvalue weighted by atomic mass is 16.5. The summed E-state index contributed by atoms with van der Waals surface area (Å²) in [6, 6.07) is 13.8. The molecule has 0 bridgehead atoms. The third-order valence-corrected chi connectivity index (χ3v) is 4.18. The Morgan fingerprint density at radius 2 is 1.89 bits per heavy atom. The van der Waals surface area contributed by atoms with Crippen molar-refractivity contribution in [2.75, 3.05) is 22.1 Å². The number of ether oxygens (including phenoxy) is 1. The Bertz CT molecular complexity index is 881. The fraction of sp³-hybridized carbons (Fsp3) is 0.250. The summed E-state index contributed by atoms with van der Waals surface area (Å²) in [7, 11) is 0. The molecule has 2 N–H and O–H groups in total. The van der Waals surface area contributed by atoms with E-state index >= 15 is 0 Å². The average Bonchev–Trinajstić information content (AvgIpc) is 2.74. The number of fused-ring (bicyclic) bond motifs is 1. The lowest BCUT2D eigenvalue weighted by Gasteiger charge is -2.28. The second kappa shape index (κ2) is 7.90. The summed E-state index contributed by atoms with van der Waals surface area (Å²) in [4.78, 5) is 37.8. The van der Waals surface area contributed by atoms with Gasteiger partial charge in [0.1, 0.15) is 5.75 Å². The summed E-state index contributed by atoms with van der Waals surface area (Å²) in [5, 5.41) is 5.49. The van der Waals surface area contributed by atoms with Gasteiger partial charge in [-0.05, 0) is 31.2 Å². The first-order chi connectivity index (χ1) is 13.0. The van der Waals surface area contributed by atoms with E-state index in [0.29, 0.717) is 22.8 Å². The van der Waals surface area contributed by atoms with E-state index in [0.717, 1.165) is 0 Å². The number of benzene rings is 2. The number of nitrogens with one attached hydrogen (secondary N) is 2. The van der Waals surface area contributed by atoms with Gasteiger partial charge in [-0.1, -0.05) is 24.3 Å². The van der Waals surface area contributed by atoms with E-state index in [1.807, 2.05) is 13.0 Å². The highest BCUT2D eigenvalue weighted by Gasteiger charge is 2.29. The fourth-order valence-corrected chi connectivity index (χ4v) is 3.06. The Morgan fingerprint density at radius 1 is 1.19 bits per heavy atom. The van der Waals surface area contributed by atoms with Crippen LogP contribution < -0.4 is 20.3 Å². The first-order valence-electron chi connectivity index (χ1n) is 8.66. The molecule has 0 aromatic heterocycles. The number of amides is 3. The minimum absolute atomic E-state index is 0.137. The Hall–Kier alpha value is -3.35. The van der Waals surface area contributed by atoms with Crippen LogP contribution in [-0.4, -0.2) is 30.4 Å². The molecule has 1 aliphatic rings. The number of para-hydroxylation sites is 4. The van der Waals surface area contributed by atoms with Gasteiger partial charge in [-0.15, -0.1) is 0 Å². The molecule has 1 heterocycles. The highest BCUT2D eigenvalue weighted by Crippen LogP contribution is 2.31. The molecule has 2 aromatic rings. The van der Waals surface area contributed by atoms with E-state index in [4.69, 9.17) is 4.74 Å². The van der Waals surface area contributed by atoms with Gasteiger partial charge < -0.3 is 20.3 Å². The molecular formula is C20H21N3O4. The van der Waals surface area contributed by atoms with Crippen molar-refractivity contribution in [1.29, 1.82) is 0 Å². The standard InChI is InChI=1S/C20H21N3O4/c1-13-11-19(25)22-15-7-3-5-9-17(15)23(13)20(26)12-27-18-10-6-4-8-16(18)21-14(2)24/h3-10,13H,11-12H2,1-2H3,(H,21,24)(H,22,25)/t13-/m0/s1. The van der Waals surface area contributed by atoms with Crippen LogP contribution in [0.5, 0.6) is 5.75 Å². The molecular weight excluding hydrogens is 346 g/mol. The zero-order chi connectivity index (χ0) is 19.4. The van der Waals surface area contributed by atoms with Crippen LogP contribution in [0.3, 0.4) is 0 Å². The number of hydrogen-bond acceptors (Lipinski definition) is 4. The van der Waals surface area contributed by atoms with Crippen molar-refractivity contribution in [2.45, 2.75) is 26.3 Å². The predicted molar refractivity (Wildman–Crippen MR) is 103 cm³/mol. The molecule has 0 radical (unpaired) electrons. The van der Waals surface area contributed by atoms with E-state index in [1.54, 1.807) is 47.4 Å². The largest absolute Gasteiger partial charge is 0.482 e. The summed E-state index contributed by atoms with van der Waals surface area (Å²) >= 11 is 0. The fourth-order valence-electron chi connectivity index (χ4n) is 3.06. The zero-order valence-corrected chi connectivity index (χ0v) is 15.2. The first kappa shape index (κ1) is 18.4. The zero-order valence-electron chi connectivity index (χ0n) is 15.2. The number of rotatable bonds is 4. The lowest BCUT2D eigenvalue weighted by atomic mass is 10.1. The van der Waals surface area contributed by atoms with Gasteiger partial charge in [0, 0.05) is 19.4 Å². The van der Waals surface area contributed by atoms with E-state index in [1.165, 1.54) is 6.92 Å². The van der Waals surface area contributed by atoms with Gasteiger partial charge in [0.15, 0.2) is 6.61 Å². The summed E-state index contributed by atoms with van der Waals surface area (Å²) in [5.41, 5.74) is 1.73. The van der Waals surface area contributed by atoms with Gasteiger partial charge in [-0.25, -0.2) is 0 Å². The third-order valence-electron chi connectivity index (χ3n) is 4.18. The van der Waals surface area contributed by atoms with Crippen molar-refractivity contribution >= 4 is 34.8 Å². The minimum atomic E-state index is -0.310. The van der Waals surface area contributed by atoms with Crippen LogP contribution >= 0.6 is 0 Å². The van der Waals surface area contributed by atoms with Crippen molar-refractivity contribution in [2.24, 2.45) is 0 Å². The molecule has 0 saturated heterocycles. The smallest absolute Gasteiger partial charge is 0.265 e. The van der Waals surface area contributed by atoms with E-state index in [2.05, 4.69) is 10.6 Å². The van der Waals surface area contributed by atoms with Crippen molar-refractivity contribution in [3.8, 4) is 5.75 Å². The molecule has 3 amide bonds. The average molecular weight is 367 g/mol. The summed E-state index contributed by atoms with van der Waals surface area (Å²) in [6.45, 7) is 3.01.